The van der Waals surface area contributed by atoms with Gasteiger partial charge < -0.3 is 5.32 Å². The van der Waals surface area contributed by atoms with Crippen LogP contribution >= 0.6 is 0 Å². The first-order chi connectivity index (χ1) is 10.3. The SMILES string of the molecule is CNc1nc(C2CC2)nc(C2CCc3cccnc32)c1C. The number of rotatable bonds is 3. The van der Waals surface area contributed by atoms with Crippen LogP contribution in [0, 0.1) is 6.92 Å². The molecule has 2 aliphatic carbocycles. The molecule has 21 heavy (non-hydrogen) atoms. The quantitative estimate of drug-likeness (QED) is 0.938. The monoisotopic (exact) mass is 280 g/mol. The molecule has 2 aromatic heterocycles. The zero-order valence-electron chi connectivity index (χ0n) is 12.6. The molecule has 108 valence electrons. The predicted octanol–water partition coefficient (Wildman–Crippen LogP) is 3.18. The van der Waals surface area contributed by atoms with E-state index >= 15 is 0 Å². The number of pyridine rings is 1. The summed E-state index contributed by atoms with van der Waals surface area (Å²) in [6.45, 7) is 2.12. The molecule has 0 radical (unpaired) electrons. The summed E-state index contributed by atoms with van der Waals surface area (Å²) in [6, 6.07) is 4.22. The molecule has 1 N–H and O–H groups in total. The second-order valence-electron chi connectivity index (χ2n) is 6.10. The van der Waals surface area contributed by atoms with Crippen LogP contribution in [0.3, 0.4) is 0 Å². The zero-order chi connectivity index (χ0) is 14.4. The molecule has 0 aliphatic heterocycles. The Labute approximate surface area is 125 Å². The van der Waals surface area contributed by atoms with E-state index in [1.165, 1.54) is 35.4 Å². The van der Waals surface area contributed by atoms with Gasteiger partial charge in [0.25, 0.3) is 0 Å². The summed E-state index contributed by atoms with van der Waals surface area (Å²) in [5, 5.41) is 3.23. The van der Waals surface area contributed by atoms with Crippen LogP contribution in [0.5, 0.6) is 0 Å². The Balaban J connectivity index is 1.83. The highest BCUT2D eigenvalue weighted by atomic mass is 15.0. The van der Waals surface area contributed by atoms with Crippen LogP contribution in [0.15, 0.2) is 18.3 Å². The topological polar surface area (TPSA) is 50.7 Å². The Kier molecular flexibility index (Phi) is 2.91. The van der Waals surface area contributed by atoms with Crippen molar-refractivity contribution < 1.29 is 0 Å². The highest BCUT2D eigenvalue weighted by Crippen LogP contribution is 2.42. The number of aromatic nitrogens is 3. The Bertz CT molecular complexity index is 691. The molecular formula is C17H20N4. The summed E-state index contributed by atoms with van der Waals surface area (Å²) in [4.78, 5) is 14.3. The average Bonchev–Trinajstić information content (AvgIpc) is 3.27. The fourth-order valence-electron chi connectivity index (χ4n) is 3.34. The third-order valence-electron chi connectivity index (χ3n) is 4.67. The highest BCUT2D eigenvalue weighted by Gasteiger charge is 2.32. The lowest BCUT2D eigenvalue weighted by atomic mass is 9.98. The van der Waals surface area contributed by atoms with Crippen LogP contribution in [-0.4, -0.2) is 22.0 Å². The van der Waals surface area contributed by atoms with E-state index in [2.05, 4.69) is 23.3 Å². The van der Waals surface area contributed by atoms with E-state index in [0.29, 0.717) is 11.8 Å². The molecule has 2 aromatic rings. The maximum absolute atomic E-state index is 4.93. The summed E-state index contributed by atoms with van der Waals surface area (Å²) in [6.07, 6.45) is 6.56. The van der Waals surface area contributed by atoms with E-state index in [1.807, 2.05) is 19.3 Å². The molecule has 0 bridgehead atoms. The Morgan fingerprint density at radius 2 is 2.00 bits per heavy atom. The van der Waals surface area contributed by atoms with E-state index in [0.717, 1.165) is 24.5 Å². The van der Waals surface area contributed by atoms with Gasteiger partial charge >= 0.3 is 0 Å². The minimum absolute atomic E-state index is 0.328. The molecule has 4 nitrogen and oxygen atoms in total. The van der Waals surface area contributed by atoms with Crippen LogP contribution < -0.4 is 5.32 Å². The van der Waals surface area contributed by atoms with Gasteiger partial charge in [-0.05, 0) is 44.2 Å². The van der Waals surface area contributed by atoms with Crippen molar-refractivity contribution in [2.24, 2.45) is 0 Å². The van der Waals surface area contributed by atoms with Crippen LogP contribution in [-0.2, 0) is 6.42 Å². The van der Waals surface area contributed by atoms with Gasteiger partial charge in [-0.3, -0.25) is 4.98 Å². The summed E-state index contributed by atoms with van der Waals surface area (Å²) in [5.41, 5.74) is 4.93. The summed E-state index contributed by atoms with van der Waals surface area (Å²) < 4.78 is 0. The first-order valence-corrected chi connectivity index (χ1v) is 7.78. The van der Waals surface area contributed by atoms with Crippen molar-refractivity contribution in [3.63, 3.8) is 0 Å². The number of nitrogens with one attached hydrogen (secondary N) is 1. The van der Waals surface area contributed by atoms with Crippen molar-refractivity contribution in [1.29, 1.82) is 0 Å². The number of hydrogen-bond acceptors (Lipinski definition) is 4. The van der Waals surface area contributed by atoms with E-state index in [-0.39, 0.29) is 0 Å². The summed E-state index contributed by atoms with van der Waals surface area (Å²) in [5.74, 6) is 2.89. The lowest BCUT2D eigenvalue weighted by molar-refractivity contribution is 0.721. The van der Waals surface area contributed by atoms with Gasteiger partial charge in [-0.15, -0.1) is 0 Å². The van der Waals surface area contributed by atoms with E-state index < -0.39 is 0 Å². The Morgan fingerprint density at radius 1 is 1.14 bits per heavy atom. The summed E-state index contributed by atoms with van der Waals surface area (Å²) in [7, 11) is 1.94. The minimum Gasteiger partial charge on any atom is -0.373 e. The molecule has 2 heterocycles. The third-order valence-corrected chi connectivity index (χ3v) is 4.67. The molecule has 2 aliphatic rings. The number of fused-ring (bicyclic) bond motifs is 1. The number of hydrogen-bond donors (Lipinski definition) is 1. The van der Waals surface area contributed by atoms with Crippen LogP contribution in [0.25, 0.3) is 0 Å². The molecule has 0 spiro atoms. The standard InChI is InChI=1S/C17H20N4/c1-10-14(13-8-7-11-4-3-9-19-15(11)13)20-17(12-5-6-12)21-16(10)18-2/h3-4,9,12-13H,5-8H2,1-2H3,(H,18,20,21). The Hall–Kier alpha value is -1.97. The van der Waals surface area contributed by atoms with Crippen molar-refractivity contribution in [1.82, 2.24) is 15.0 Å². The first-order valence-electron chi connectivity index (χ1n) is 7.78. The van der Waals surface area contributed by atoms with Gasteiger partial charge in [0.2, 0.25) is 0 Å². The lowest BCUT2D eigenvalue weighted by Gasteiger charge is -2.17. The molecular weight excluding hydrogens is 260 g/mol. The second-order valence-corrected chi connectivity index (χ2v) is 6.10. The van der Waals surface area contributed by atoms with Crippen LogP contribution in [0.4, 0.5) is 5.82 Å². The molecule has 4 heteroatoms. The number of anilines is 1. The summed E-state index contributed by atoms with van der Waals surface area (Å²) >= 11 is 0. The molecule has 0 aromatic carbocycles. The lowest BCUT2D eigenvalue weighted by Crippen LogP contribution is -2.11. The fraction of sp³-hybridized carbons (Fsp3) is 0.471. The smallest absolute Gasteiger partial charge is 0.134 e. The van der Waals surface area contributed by atoms with Crippen molar-refractivity contribution in [2.75, 3.05) is 12.4 Å². The van der Waals surface area contributed by atoms with Gasteiger partial charge in [-0.25, -0.2) is 9.97 Å². The molecule has 0 amide bonds. The van der Waals surface area contributed by atoms with Gasteiger partial charge in [-0.1, -0.05) is 6.07 Å². The molecule has 1 unspecified atom stereocenters. The second kappa shape index (κ2) is 4.79. The van der Waals surface area contributed by atoms with Crippen molar-refractivity contribution in [3.8, 4) is 0 Å². The van der Waals surface area contributed by atoms with Crippen molar-refractivity contribution >= 4 is 5.82 Å². The van der Waals surface area contributed by atoms with E-state index in [9.17, 15) is 0 Å². The Morgan fingerprint density at radius 3 is 2.76 bits per heavy atom. The van der Waals surface area contributed by atoms with Gasteiger partial charge in [-0.2, -0.15) is 0 Å². The van der Waals surface area contributed by atoms with Crippen LogP contribution in [0.1, 0.15) is 59.4 Å². The number of aryl methyl sites for hydroxylation is 1. The number of nitrogens with zero attached hydrogens (tertiary/aromatic N) is 3. The normalized spacial score (nSPS) is 20.4. The van der Waals surface area contributed by atoms with Gasteiger partial charge in [0, 0.05) is 30.6 Å². The van der Waals surface area contributed by atoms with E-state index in [1.54, 1.807) is 0 Å². The van der Waals surface area contributed by atoms with Gasteiger partial charge in [0.1, 0.15) is 11.6 Å². The predicted molar refractivity (Wildman–Crippen MR) is 82.7 cm³/mol. The average molecular weight is 280 g/mol. The van der Waals surface area contributed by atoms with Crippen molar-refractivity contribution in [3.05, 3.63) is 46.7 Å². The molecule has 4 rings (SSSR count). The van der Waals surface area contributed by atoms with Gasteiger partial charge in [0.05, 0.1) is 11.4 Å². The molecule has 1 fully saturated rings. The third kappa shape index (κ3) is 2.09. The molecule has 1 saturated carbocycles. The fourth-order valence-corrected chi connectivity index (χ4v) is 3.34. The molecule has 0 saturated heterocycles. The minimum atomic E-state index is 0.328. The highest BCUT2D eigenvalue weighted by molar-refractivity contribution is 5.49. The van der Waals surface area contributed by atoms with Crippen molar-refractivity contribution in [2.45, 2.75) is 44.4 Å². The molecule has 1 atom stereocenters. The van der Waals surface area contributed by atoms with Gasteiger partial charge in [0.15, 0.2) is 0 Å². The van der Waals surface area contributed by atoms with E-state index in [4.69, 9.17) is 9.97 Å². The van der Waals surface area contributed by atoms with Crippen LogP contribution in [0.2, 0.25) is 0 Å². The largest absolute Gasteiger partial charge is 0.373 e. The zero-order valence-corrected chi connectivity index (χ0v) is 12.6. The maximum atomic E-state index is 4.93. The first kappa shape index (κ1) is 12.7. The maximum Gasteiger partial charge on any atom is 0.134 e.